The predicted octanol–water partition coefficient (Wildman–Crippen LogP) is 4.48. The van der Waals surface area contributed by atoms with E-state index < -0.39 is 0 Å². The summed E-state index contributed by atoms with van der Waals surface area (Å²) < 4.78 is 13.6. The first kappa shape index (κ1) is 16.3. The van der Waals surface area contributed by atoms with E-state index in [1.54, 1.807) is 12.1 Å². The average Bonchev–Trinajstić information content (AvgIpc) is 3.26. The molecular formula is C18H29FN2. The molecule has 0 unspecified atom stereocenters. The molecule has 0 saturated heterocycles. The first-order valence-corrected chi connectivity index (χ1v) is 8.40. The summed E-state index contributed by atoms with van der Waals surface area (Å²) in [5.41, 5.74) is 2.28. The molecule has 118 valence electrons. The van der Waals surface area contributed by atoms with Gasteiger partial charge in [0.25, 0.3) is 0 Å². The fourth-order valence-corrected chi connectivity index (χ4v) is 2.71. The molecule has 2 rings (SSSR count). The van der Waals surface area contributed by atoms with Gasteiger partial charge in [0.15, 0.2) is 0 Å². The molecule has 0 aromatic heterocycles. The van der Waals surface area contributed by atoms with E-state index in [9.17, 15) is 4.39 Å². The molecule has 21 heavy (non-hydrogen) atoms. The molecule has 0 aliphatic heterocycles. The lowest BCUT2D eigenvalue weighted by molar-refractivity contribution is 0.604. The van der Waals surface area contributed by atoms with Crippen LogP contribution in [0.1, 0.15) is 58.4 Å². The number of benzene rings is 1. The third-order valence-electron chi connectivity index (χ3n) is 4.14. The summed E-state index contributed by atoms with van der Waals surface area (Å²) in [6, 6.07) is 6.32. The normalized spacial score (nSPS) is 14.7. The standard InChI is InChI=1S/C18H29FN2/c1-4-5-6-11-21(14(2)3)18-10-7-16(19)12-15(18)13-20-17-8-9-17/h7,10,12,14,17,20H,4-6,8-9,11,13H2,1-3H3. The van der Waals surface area contributed by atoms with Crippen LogP contribution < -0.4 is 10.2 Å². The number of hydrogen-bond donors (Lipinski definition) is 1. The summed E-state index contributed by atoms with van der Waals surface area (Å²) in [4.78, 5) is 2.42. The SMILES string of the molecule is CCCCCN(c1ccc(F)cc1CNC1CC1)C(C)C. The fourth-order valence-electron chi connectivity index (χ4n) is 2.71. The highest BCUT2D eigenvalue weighted by Crippen LogP contribution is 2.26. The Labute approximate surface area is 128 Å². The van der Waals surface area contributed by atoms with Gasteiger partial charge in [-0.25, -0.2) is 4.39 Å². The second-order valence-corrected chi connectivity index (χ2v) is 6.42. The second kappa shape index (κ2) is 7.79. The van der Waals surface area contributed by atoms with Crippen LogP contribution in [0.15, 0.2) is 18.2 Å². The smallest absolute Gasteiger partial charge is 0.123 e. The molecule has 0 heterocycles. The van der Waals surface area contributed by atoms with E-state index in [0.29, 0.717) is 12.1 Å². The largest absolute Gasteiger partial charge is 0.369 e. The molecule has 0 bridgehead atoms. The Kier molecular flexibility index (Phi) is 6.04. The van der Waals surface area contributed by atoms with Gasteiger partial charge in [-0.05, 0) is 56.9 Å². The van der Waals surface area contributed by atoms with Crippen LogP contribution >= 0.6 is 0 Å². The molecule has 0 spiro atoms. The van der Waals surface area contributed by atoms with E-state index in [4.69, 9.17) is 0 Å². The number of nitrogens with zero attached hydrogens (tertiary/aromatic N) is 1. The number of hydrogen-bond acceptors (Lipinski definition) is 2. The van der Waals surface area contributed by atoms with Crippen LogP contribution in [0.4, 0.5) is 10.1 Å². The van der Waals surface area contributed by atoms with Crippen molar-refractivity contribution in [2.45, 2.75) is 71.5 Å². The maximum absolute atomic E-state index is 13.6. The van der Waals surface area contributed by atoms with Gasteiger partial charge in [0.05, 0.1) is 0 Å². The Morgan fingerprint density at radius 3 is 2.67 bits per heavy atom. The molecule has 3 heteroatoms. The molecule has 1 N–H and O–H groups in total. The van der Waals surface area contributed by atoms with E-state index in [1.807, 2.05) is 6.07 Å². The topological polar surface area (TPSA) is 15.3 Å². The van der Waals surface area contributed by atoms with Gasteiger partial charge < -0.3 is 10.2 Å². The Morgan fingerprint density at radius 1 is 1.29 bits per heavy atom. The first-order chi connectivity index (χ1) is 10.1. The van der Waals surface area contributed by atoms with Crippen molar-refractivity contribution in [3.05, 3.63) is 29.6 Å². The minimum absolute atomic E-state index is 0.136. The summed E-state index contributed by atoms with van der Waals surface area (Å²) in [5.74, 6) is -0.136. The van der Waals surface area contributed by atoms with Crippen LogP contribution in [0.3, 0.4) is 0 Å². The van der Waals surface area contributed by atoms with Gasteiger partial charge in [0.1, 0.15) is 5.82 Å². The minimum atomic E-state index is -0.136. The first-order valence-electron chi connectivity index (χ1n) is 8.40. The van der Waals surface area contributed by atoms with Gasteiger partial charge in [-0.1, -0.05) is 19.8 Å². The molecule has 2 nitrogen and oxygen atoms in total. The molecule has 0 atom stereocenters. The van der Waals surface area contributed by atoms with Crippen molar-refractivity contribution >= 4 is 5.69 Å². The fraction of sp³-hybridized carbons (Fsp3) is 0.667. The number of unbranched alkanes of at least 4 members (excludes halogenated alkanes) is 2. The highest BCUT2D eigenvalue weighted by Gasteiger charge is 2.21. The lowest BCUT2D eigenvalue weighted by Crippen LogP contribution is -2.33. The van der Waals surface area contributed by atoms with Gasteiger partial charge in [-0.2, -0.15) is 0 Å². The molecule has 0 radical (unpaired) electrons. The number of anilines is 1. The average molecular weight is 292 g/mol. The molecule has 1 aliphatic rings. The van der Waals surface area contributed by atoms with Crippen molar-refractivity contribution in [1.29, 1.82) is 0 Å². The lowest BCUT2D eigenvalue weighted by Gasteiger charge is -2.31. The van der Waals surface area contributed by atoms with Gasteiger partial charge >= 0.3 is 0 Å². The Morgan fingerprint density at radius 2 is 2.05 bits per heavy atom. The summed E-state index contributed by atoms with van der Waals surface area (Å²) >= 11 is 0. The number of nitrogens with one attached hydrogen (secondary N) is 1. The van der Waals surface area contributed by atoms with E-state index in [0.717, 1.165) is 18.7 Å². The summed E-state index contributed by atoms with van der Waals surface area (Å²) in [7, 11) is 0. The summed E-state index contributed by atoms with van der Waals surface area (Å²) in [6.45, 7) is 8.48. The third kappa shape index (κ3) is 4.99. The zero-order chi connectivity index (χ0) is 15.2. The third-order valence-corrected chi connectivity index (χ3v) is 4.14. The highest BCUT2D eigenvalue weighted by atomic mass is 19.1. The Bertz CT molecular complexity index is 441. The molecule has 1 saturated carbocycles. The van der Waals surface area contributed by atoms with E-state index in [2.05, 4.69) is 31.0 Å². The lowest BCUT2D eigenvalue weighted by atomic mass is 10.1. The van der Waals surface area contributed by atoms with Crippen LogP contribution in [0.2, 0.25) is 0 Å². The van der Waals surface area contributed by atoms with Gasteiger partial charge in [-0.15, -0.1) is 0 Å². The van der Waals surface area contributed by atoms with Crippen molar-refractivity contribution in [1.82, 2.24) is 5.32 Å². The molecule has 1 aromatic carbocycles. The van der Waals surface area contributed by atoms with Crippen LogP contribution in [0, 0.1) is 5.82 Å². The maximum Gasteiger partial charge on any atom is 0.123 e. The minimum Gasteiger partial charge on any atom is -0.369 e. The summed E-state index contributed by atoms with van der Waals surface area (Å²) in [6.07, 6.45) is 6.19. The van der Waals surface area contributed by atoms with Crippen LogP contribution in [-0.2, 0) is 6.54 Å². The Balaban J connectivity index is 2.12. The van der Waals surface area contributed by atoms with Crippen molar-refractivity contribution in [2.24, 2.45) is 0 Å². The molecule has 1 aliphatic carbocycles. The van der Waals surface area contributed by atoms with Crippen molar-refractivity contribution < 1.29 is 4.39 Å². The molecular weight excluding hydrogens is 263 g/mol. The van der Waals surface area contributed by atoms with Gasteiger partial charge in [0.2, 0.25) is 0 Å². The van der Waals surface area contributed by atoms with Crippen LogP contribution in [0.25, 0.3) is 0 Å². The maximum atomic E-state index is 13.6. The quantitative estimate of drug-likeness (QED) is 0.675. The molecule has 0 amide bonds. The van der Waals surface area contributed by atoms with Gasteiger partial charge in [0, 0.05) is 30.9 Å². The Hall–Kier alpha value is -1.09. The van der Waals surface area contributed by atoms with Gasteiger partial charge in [-0.3, -0.25) is 0 Å². The highest BCUT2D eigenvalue weighted by molar-refractivity contribution is 5.54. The zero-order valence-corrected chi connectivity index (χ0v) is 13.7. The van der Waals surface area contributed by atoms with Crippen LogP contribution in [-0.4, -0.2) is 18.6 Å². The van der Waals surface area contributed by atoms with Crippen molar-refractivity contribution in [3.8, 4) is 0 Å². The summed E-state index contributed by atoms with van der Waals surface area (Å²) in [5, 5.41) is 3.51. The molecule has 1 aromatic rings. The number of rotatable bonds is 9. The second-order valence-electron chi connectivity index (χ2n) is 6.42. The zero-order valence-electron chi connectivity index (χ0n) is 13.7. The van der Waals surface area contributed by atoms with Crippen molar-refractivity contribution in [2.75, 3.05) is 11.4 Å². The van der Waals surface area contributed by atoms with E-state index in [1.165, 1.54) is 37.8 Å². The monoisotopic (exact) mass is 292 g/mol. The van der Waals surface area contributed by atoms with Crippen molar-refractivity contribution in [3.63, 3.8) is 0 Å². The molecule has 1 fully saturated rings. The van der Waals surface area contributed by atoms with Crippen LogP contribution in [0.5, 0.6) is 0 Å². The van der Waals surface area contributed by atoms with E-state index >= 15 is 0 Å². The predicted molar refractivity (Wildman–Crippen MR) is 88.3 cm³/mol. The number of halogens is 1. The van der Waals surface area contributed by atoms with E-state index in [-0.39, 0.29) is 5.82 Å².